The van der Waals surface area contributed by atoms with Crippen LogP contribution in [-0.4, -0.2) is 36.7 Å². The van der Waals surface area contributed by atoms with Gasteiger partial charge < -0.3 is 16.0 Å². The fourth-order valence-electron chi connectivity index (χ4n) is 2.23. The van der Waals surface area contributed by atoms with Gasteiger partial charge in [-0.3, -0.25) is 4.79 Å². The molecule has 7 heteroatoms. The molecule has 2 rings (SSSR count). The molecule has 0 saturated carbocycles. The number of aromatic nitrogens is 1. The third-order valence-electron chi connectivity index (χ3n) is 3.26. The van der Waals surface area contributed by atoms with Crippen LogP contribution in [-0.2, 0) is 4.79 Å². The number of nitrogens with two attached hydrogens (primary N) is 1. The second-order valence-electron chi connectivity index (χ2n) is 4.28. The van der Waals surface area contributed by atoms with Gasteiger partial charge in [-0.2, -0.15) is 4.37 Å². The van der Waals surface area contributed by atoms with Crippen LogP contribution in [0.5, 0.6) is 0 Å². The zero-order valence-electron chi connectivity index (χ0n) is 10.6. The van der Waals surface area contributed by atoms with Crippen molar-refractivity contribution in [2.75, 3.05) is 37.0 Å². The van der Waals surface area contributed by atoms with Gasteiger partial charge in [0.15, 0.2) is 5.82 Å². The number of rotatable bonds is 3. The highest BCUT2D eigenvalue weighted by Gasteiger charge is 2.26. The summed E-state index contributed by atoms with van der Waals surface area (Å²) in [5.74, 6) is 0.925. The van der Waals surface area contributed by atoms with Crippen molar-refractivity contribution < 1.29 is 4.79 Å². The van der Waals surface area contributed by atoms with Crippen molar-refractivity contribution in [2.24, 2.45) is 5.92 Å². The number of anilines is 2. The largest absolute Gasteiger partial charge is 0.382 e. The van der Waals surface area contributed by atoms with Crippen LogP contribution in [0.3, 0.4) is 0 Å². The van der Waals surface area contributed by atoms with Crippen molar-refractivity contribution in [3.05, 3.63) is 0 Å². The predicted molar refractivity (Wildman–Crippen MR) is 77.3 cm³/mol. The number of amides is 1. The Kier molecular flexibility index (Phi) is 4.34. The summed E-state index contributed by atoms with van der Waals surface area (Å²) >= 11 is 3.09. The lowest BCUT2D eigenvalue weighted by molar-refractivity contribution is -0.125. The van der Waals surface area contributed by atoms with E-state index in [1.807, 2.05) is 6.26 Å². The molecule has 1 aromatic rings. The highest BCUT2D eigenvalue weighted by atomic mass is 32.2. The molecule has 0 spiro atoms. The molecule has 100 valence electrons. The molecule has 1 aliphatic heterocycles. The third-order valence-corrected chi connectivity index (χ3v) is 5.12. The molecule has 5 nitrogen and oxygen atoms in total. The lowest BCUT2D eigenvalue weighted by Gasteiger charge is -2.31. The van der Waals surface area contributed by atoms with Gasteiger partial charge in [0, 0.05) is 26.1 Å². The average molecular weight is 286 g/mol. The highest BCUT2D eigenvalue weighted by Crippen LogP contribution is 2.39. The van der Waals surface area contributed by atoms with Gasteiger partial charge in [0.25, 0.3) is 0 Å². The topological polar surface area (TPSA) is 71.2 Å². The molecule has 2 heterocycles. The molecule has 1 saturated heterocycles. The van der Waals surface area contributed by atoms with Crippen molar-refractivity contribution in [1.82, 2.24) is 9.69 Å². The average Bonchev–Trinajstić information content (AvgIpc) is 2.79. The standard InChI is InChI=1S/C11H18N4OS2/c1-13-10(16)7-3-5-15(6-4-7)11-8(17-2)9(12)14-18-11/h7H,3-6H2,1-2H3,(H2,12,14)(H,13,16). The molecule has 1 aliphatic rings. The van der Waals surface area contributed by atoms with Gasteiger partial charge in [-0.1, -0.05) is 0 Å². The van der Waals surface area contributed by atoms with Crippen LogP contribution in [0.25, 0.3) is 0 Å². The molecule has 1 aromatic heterocycles. The predicted octanol–water partition coefficient (Wildman–Crippen LogP) is 1.41. The number of thioether (sulfide) groups is 1. The summed E-state index contributed by atoms with van der Waals surface area (Å²) in [5, 5.41) is 3.87. The Hall–Kier alpha value is -0.950. The van der Waals surface area contributed by atoms with Crippen LogP contribution in [0, 0.1) is 5.92 Å². The highest BCUT2D eigenvalue weighted by molar-refractivity contribution is 7.99. The van der Waals surface area contributed by atoms with E-state index in [2.05, 4.69) is 14.6 Å². The van der Waals surface area contributed by atoms with Crippen LogP contribution in [0.2, 0.25) is 0 Å². The first-order valence-corrected chi connectivity index (χ1v) is 7.92. The van der Waals surface area contributed by atoms with Gasteiger partial charge in [0.05, 0.1) is 4.90 Å². The minimum atomic E-state index is 0.147. The number of nitrogens with one attached hydrogen (secondary N) is 1. The summed E-state index contributed by atoms with van der Waals surface area (Å²) in [4.78, 5) is 14.9. The lowest BCUT2D eigenvalue weighted by Crippen LogP contribution is -2.39. The summed E-state index contributed by atoms with van der Waals surface area (Å²) in [6.07, 6.45) is 3.80. The van der Waals surface area contributed by atoms with E-state index < -0.39 is 0 Å². The minimum Gasteiger partial charge on any atom is -0.382 e. The molecule has 0 aromatic carbocycles. The van der Waals surface area contributed by atoms with Crippen molar-refractivity contribution in [1.29, 1.82) is 0 Å². The fraction of sp³-hybridized carbons (Fsp3) is 0.636. The van der Waals surface area contributed by atoms with Crippen molar-refractivity contribution >= 4 is 40.0 Å². The second kappa shape index (κ2) is 5.79. The minimum absolute atomic E-state index is 0.147. The number of carbonyl (C=O) groups is 1. The van der Waals surface area contributed by atoms with E-state index in [0.29, 0.717) is 5.82 Å². The first kappa shape index (κ1) is 13.5. The first-order chi connectivity index (χ1) is 8.67. The summed E-state index contributed by atoms with van der Waals surface area (Å²) < 4.78 is 4.21. The van der Waals surface area contributed by atoms with E-state index in [1.165, 1.54) is 11.5 Å². The monoisotopic (exact) mass is 286 g/mol. The fourth-order valence-corrected chi connectivity index (χ4v) is 3.97. The van der Waals surface area contributed by atoms with Crippen molar-refractivity contribution in [3.63, 3.8) is 0 Å². The van der Waals surface area contributed by atoms with Gasteiger partial charge in [-0.15, -0.1) is 11.8 Å². The Morgan fingerprint density at radius 3 is 2.78 bits per heavy atom. The number of piperidine rings is 1. The van der Waals surface area contributed by atoms with E-state index in [-0.39, 0.29) is 11.8 Å². The Labute approximate surface area is 115 Å². The van der Waals surface area contributed by atoms with Gasteiger partial charge >= 0.3 is 0 Å². The first-order valence-electron chi connectivity index (χ1n) is 5.93. The maximum Gasteiger partial charge on any atom is 0.222 e. The lowest BCUT2D eigenvalue weighted by atomic mass is 9.96. The van der Waals surface area contributed by atoms with E-state index in [0.717, 1.165) is 35.8 Å². The molecule has 0 aliphatic carbocycles. The van der Waals surface area contributed by atoms with E-state index >= 15 is 0 Å². The molecule has 18 heavy (non-hydrogen) atoms. The molecule has 0 bridgehead atoms. The molecular weight excluding hydrogens is 268 g/mol. The Balaban J connectivity index is 2.03. The molecule has 1 amide bonds. The summed E-state index contributed by atoms with van der Waals surface area (Å²) in [5.41, 5.74) is 5.84. The molecule has 3 N–H and O–H groups in total. The number of nitrogens with zero attached hydrogens (tertiary/aromatic N) is 2. The molecule has 0 radical (unpaired) electrons. The van der Waals surface area contributed by atoms with Gasteiger partial charge in [-0.05, 0) is 30.6 Å². The van der Waals surface area contributed by atoms with E-state index in [4.69, 9.17) is 5.73 Å². The third kappa shape index (κ3) is 2.56. The van der Waals surface area contributed by atoms with Gasteiger partial charge in [-0.25, -0.2) is 0 Å². The number of carbonyl (C=O) groups excluding carboxylic acids is 1. The molecular formula is C11H18N4OS2. The normalized spacial score (nSPS) is 16.9. The summed E-state index contributed by atoms with van der Waals surface area (Å²) in [6.45, 7) is 1.79. The molecule has 0 unspecified atom stereocenters. The van der Waals surface area contributed by atoms with Gasteiger partial charge in [0.1, 0.15) is 5.00 Å². The molecule has 0 atom stereocenters. The number of hydrogen-bond donors (Lipinski definition) is 2. The van der Waals surface area contributed by atoms with Crippen LogP contribution >= 0.6 is 23.3 Å². The SMILES string of the molecule is CNC(=O)C1CCN(c2snc(N)c2SC)CC1. The zero-order chi connectivity index (χ0) is 13.1. The van der Waals surface area contributed by atoms with Crippen LogP contribution in [0.1, 0.15) is 12.8 Å². The number of nitrogen functional groups attached to an aromatic ring is 1. The second-order valence-corrected chi connectivity index (χ2v) is 5.85. The maximum atomic E-state index is 11.6. The Morgan fingerprint density at radius 2 is 2.22 bits per heavy atom. The summed E-state index contributed by atoms with van der Waals surface area (Å²) in [7, 11) is 1.70. The smallest absolute Gasteiger partial charge is 0.222 e. The van der Waals surface area contributed by atoms with Crippen LogP contribution in [0.15, 0.2) is 4.90 Å². The van der Waals surface area contributed by atoms with E-state index in [9.17, 15) is 4.79 Å². The number of hydrogen-bond acceptors (Lipinski definition) is 6. The quantitative estimate of drug-likeness (QED) is 0.822. The Morgan fingerprint density at radius 1 is 1.56 bits per heavy atom. The maximum absolute atomic E-state index is 11.6. The zero-order valence-corrected chi connectivity index (χ0v) is 12.2. The van der Waals surface area contributed by atoms with Crippen molar-refractivity contribution in [3.8, 4) is 0 Å². The van der Waals surface area contributed by atoms with Crippen molar-refractivity contribution in [2.45, 2.75) is 17.7 Å². The Bertz CT molecular complexity index is 427. The van der Waals surface area contributed by atoms with Crippen LogP contribution < -0.4 is 16.0 Å². The van der Waals surface area contributed by atoms with E-state index in [1.54, 1.807) is 18.8 Å². The van der Waals surface area contributed by atoms with Crippen LogP contribution in [0.4, 0.5) is 10.8 Å². The summed E-state index contributed by atoms with van der Waals surface area (Å²) in [6, 6.07) is 0. The molecule has 1 fully saturated rings. The van der Waals surface area contributed by atoms with Gasteiger partial charge in [0.2, 0.25) is 5.91 Å².